The Kier molecular flexibility index (Phi) is 3.98. The van der Waals surface area contributed by atoms with Gasteiger partial charge >= 0.3 is 11.9 Å². The Balaban J connectivity index is 1.92. The Morgan fingerprint density at radius 2 is 2.39 bits per heavy atom. The quantitative estimate of drug-likeness (QED) is 0.596. The van der Waals surface area contributed by atoms with E-state index in [9.17, 15) is 4.79 Å². The van der Waals surface area contributed by atoms with Gasteiger partial charge in [-0.25, -0.2) is 4.79 Å². The summed E-state index contributed by atoms with van der Waals surface area (Å²) >= 11 is 1.34. The van der Waals surface area contributed by atoms with Crippen molar-refractivity contribution in [1.29, 1.82) is 0 Å². The van der Waals surface area contributed by atoms with E-state index < -0.39 is 5.97 Å². The van der Waals surface area contributed by atoms with Gasteiger partial charge < -0.3 is 9.15 Å². The molecule has 0 saturated heterocycles. The van der Waals surface area contributed by atoms with E-state index in [0.717, 1.165) is 5.56 Å². The standard InChI is InChI=1S/C10H12N4O3S/c1-3-16-9(15)8-12-13-10(17-8)18-6-7-4-11-14(2)5-7/h4-5H,3,6H2,1-2H3. The van der Waals surface area contributed by atoms with Crippen molar-refractivity contribution in [3.8, 4) is 0 Å². The minimum Gasteiger partial charge on any atom is -0.459 e. The minimum atomic E-state index is -0.599. The number of carbonyl (C=O) groups excluding carboxylic acids is 1. The molecule has 18 heavy (non-hydrogen) atoms. The molecule has 0 unspecified atom stereocenters. The highest BCUT2D eigenvalue weighted by Crippen LogP contribution is 2.21. The number of esters is 1. The molecule has 2 rings (SSSR count). The Bertz CT molecular complexity index is 537. The van der Waals surface area contributed by atoms with E-state index in [2.05, 4.69) is 15.3 Å². The van der Waals surface area contributed by atoms with Crippen LogP contribution in [0.3, 0.4) is 0 Å². The molecule has 2 heterocycles. The third kappa shape index (κ3) is 3.10. The topological polar surface area (TPSA) is 83.0 Å². The van der Waals surface area contributed by atoms with Crippen molar-refractivity contribution in [1.82, 2.24) is 20.0 Å². The summed E-state index contributed by atoms with van der Waals surface area (Å²) in [6.07, 6.45) is 3.66. The fourth-order valence-electron chi connectivity index (χ4n) is 1.23. The Morgan fingerprint density at radius 1 is 1.56 bits per heavy atom. The lowest BCUT2D eigenvalue weighted by Crippen LogP contribution is -2.04. The SMILES string of the molecule is CCOC(=O)c1nnc(SCc2cnn(C)c2)o1. The highest BCUT2D eigenvalue weighted by atomic mass is 32.2. The van der Waals surface area contributed by atoms with Gasteiger partial charge in [0.1, 0.15) is 0 Å². The first-order valence-electron chi connectivity index (χ1n) is 5.30. The first-order valence-corrected chi connectivity index (χ1v) is 6.28. The fourth-order valence-corrected chi connectivity index (χ4v) is 1.91. The van der Waals surface area contributed by atoms with Crippen molar-refractivity contribution in [2.24, 2.45) is 7.05 Å². The summed E-state index contributed by atoms with van der Waals surface area (Å²) in [4.78, 5) is 11.3. The van der Waals surface area contributed by atoms with Crippen molar-refractivity contribution in [3.63, 3.8) is 0 Å². The number of aromatic nitrogens is 4. The number of hydrogen-bond donors (Lipinski definition) is 0. The third-order valence-corrected chi connectivity index (χ3v) is 2.87. The minimum absolute atomic E-state index is 0.120. The van der Waals surface area contributed by atoms with Crippen molar-refractivity contribution in [2.45, 2.75) is 17.9 Å². The molecule has 0 aliphatic rings. The number of ether oxygens (including phenoxy) is 1. The van der Waals surface area contributed by atoms with Crippen molar-refractivity contribution < 1.29 is 13.9 Å². The predicted molar refractivity (Wildman–Crippen MR) is 63.0 cm³/mol. The second-order valence-corrected chi connectivity index (χ2v) is 4.33. The average molecular weight is 268 g/mol. The van der Waals surface area contributed by atoms with E-state index in [0.29, 0.717) is 11.0 Å². The number of thioether (sulfide) groups is 1. The smallest absolute Gasteiger partial charge is 0.396 e. The highest BCUT2D eigenvalue weighted by molar-refractivity contribution is 7.98. The Labute approximate surface area is 108 Å². The van der Waals surface area contributed by atoms with Gasteiger partial charge in [-0.05, 0) is 6.92 Å². The lowest BCUT2D eigenvalue weighted by Gasteiger charge is -1.94. The summed E-state index contributed by atoms with van der Waals surface area (Å²) in [5.74, 6) is -0.0676. The number of hydrogen-bond acceptors (Lipinski definition) is 7. The molecule has 0 atom stereocenters. The van der Waals surface area contributed by atoms with Gasteiger partial charge in [-0.2, -0.15) is 5.10 Å². The highest BCUT2D eigenvalue weighted by Gasteiger charge is 2.16. The van der Waals surface area contributed by atoms with E-state index in [1.54, 1.807) is 17.8 Å². The van der Waals surface area contributed by atoms with Gasteiger partial charge in [0.2, 0.25) is 0 Å². The van der Waals surface area contributed by atoms with Gasteiger partial charge in [0.05, 0.1) is 12.8 Å². The van der Waals surface area contributed by atoms with Crippen molar-refractivity contribution in [2.75, 3.05) is 6.61 Å². The maximum Gasteiger partial charge on any atom is 0.396 e. The first kappa shape index (κ1) is 12.6. The van der Waals surface area contributed by atoms with Gasteiger partial charge in [0.15, 0.2) is 0 Å². The van der Waals surface area contributed by atoms with Gasteiger partial charge in [0, 0.05) is 24.6 Å². The summed E-state index contributed by atoms with van der Waals surface area (Å²) < 4.78 is 11.6. The molecule has 0 radical (unpaired) electrons. The molecule has 0 spiro atoms. The largest absolute Gasteiger partial charge is 0.459 e. The molecule has 0 aromatic carbocycles. The molecule has 0 aliphatic heterocycles. The molecule has 0 N–H and O–H groups in total. The molecular formula is C10H12N4O3S. The summed E-state index contributed by atoms with van der Waals surface area (Å²) in [5.41, 5.74) is 1.04. The molecular weight excluding hydrogens is 256 g/mol. The second-order valence-electron chi connectivity index (χ2n) is 3.40. The molecule has 0 bridgehead atoms. The molecule has 0 saturated carbocycles. The van der Waals surface area contributed by atoms with Crippen LogP contribution >= 0.6 is 11.8 Å². The van der Waals surface area contributed by atoms with Gasteiger partial charge in [-0.1, -0.05) is 16.9 Å². The summed E-state index contributed by atoms with van der Waals surface area (Å²) in [6, 6.07) is 0. The molecule has 96 valence electrons. The molecule has 8 heteroatoms. The molecule has 0 aliphatic carbocycles. The van der Waals surface area contributed by atoms with Crippen LogP contribution in [0.2, 0.25) is 0 Å². The average Bonchev–Trinajstić information content (AvgIpc) is 2.95. The number of carbonyl (C=O) groups is 1. The van der Waals surface area contributed by atoms with Gasteiger partial charge in [-0.15, -0.1) is 5.10 Å². The summed E-state index contributed by atoms with van der Waals surface area (Å²) in [6.45, 7) is 1.99. The maximum absolute atomic E-state index is 11.3. The number of rotatable bonds is 5. The molecule has 2 aromatic heterocycles. The zero-order valence-electron chi connectivity index (χ0n) is 9.99. The zero-order chi connectivity index (χ0) is 13.0. The normalized spacial score (nSPS) is 10.6. The van der Waals surface area contributed by atoms with E-state index in [1.807, 2.05) is 13.2 Å². The van der Waals surface area contributed by atoms with E-state index in [-0.39, 0.29) is 12.5 Å². The van der Waals surface area contributed by atoms with Crippen LogP contribution < -0.4 is 0 Å². The van der Waals surface area contributed by atoms with Crippen molar-refractivity contribution >= 4 is 17.7 Å². The number of nitrogens with zero attached hydrogens (tertiary/aromatic N) is 4. The monoisotopic (exact) mass is 268 g/mol. The summed E-state index contributed by atoms with van der Waals surface area (Å²) in [5, 5.41) is 11.8. The lowest BCUT2D eigenvalue weighted by atomic mass is 10.4. The number of aryl methyl sites for hydroxylation is 1. The van der Waals surface area contributed by atoms with Crippen LogP contribution in [0.25, 0.3) is 0 Å². The van der Waals surface area contributed by atoms with E-state index in [1.165, 1.54) is 11.8 Å². The molecule has 7 nitrogen and oxygen atoms in total. The fraction of sp³-hybridized carbons (Fsp3) is 0.400. The van der Waals surface area contributed by atoms with Crippen LogP contribution in [0, 0.1) is 0 Å². The zero-order valence-corrected chi connectivity index (χ0v) is 10.8. The van der Waals surface area contributed by atoms with Gasteiger partial charge in [-0.3, -0.25) is 4.68 Å². The molecule has 2 aromatic rings. The lowest BCUT2D eigenvalue weighted by molar-refractivity contribution is 0.0475. The third-order valence-electron chi connectivity index (χ3n) is 1.98. The van der Waals surface area contributed by atoms with Gasteiger partial charge in [0.25, 0.3) is 5.22 Å². The van der Waals surface area contributed by atoms with Crippen LogP contribution in [0.1, 0.15) is 23.2 Å². The maximum atomic E-state index is 11.3. The van der Waals surface area contributed by atoms with Crippen LogP contribution in [-0.4, -0.2) is 32.6 Å². The Hall–Kier alpha value is -1.83. The van der Waals surface area contributed by atoms with E-state index in [4.69, 9.17) is 9.15 Å². The van der Waals surface area contributed by atoms with Crippen LogP contribution in [0.4, 0.5) is 0 Å². The summed E-state index contributed by atoms with van der Waals surface area (Å²) in [7, 11) is 1.85. The first-order chi connectivity index (χ1) is 8.69. The molecule has 0 amide bonds. The molecule has 0 fully saturated rings. The Morgan fingerprint density at radius 3 is 3.06 bits per heavy atom. The van der Waals surface area contributed by atoms with Crippen molar-refractivity contribution in [3.05, 3.63) is 23.8 Å². The van der Waals surface area contributed by atoms with Crippen LogP contribution in [0.15, 0.2) is 22.0 Å². The predicted octanol–water partition coefficient (Wildman–Crippen LogP) is 1.27. The van der Waals surface area contributed by atoms with E-state index >= 15 is 0 Å². The second kappa shape index (κ2) is 5.67. The van der Waals surface area contributed by atoms with Crippen LogP contribution in [-0.2, 0) is 17.5 Å². The van der Waals surface area contributed by atoms with Crippen LogP contribution in [0.5, 0.6) is 0 Å².